The van der Waals surface area contributed by atoms with E-state index in [1.807, 2.05) is 6.07 Å². The lowest BCUT2D eigenvalue weighted by atomic mass is 9.70. The lowest BCUT2D eigenvalue weighted by Gasteiger charge is -2.33. The topological polar surface area (TPSA) is 20.2 Å². The molecule has 0 bridgehead atoms. The second kappa shape index (κ2) is 14.9. The number of phenolic OH excluding ortho intramolecular Hbond substituents is 1. The van der Waals surface area contributed by atoms with E-state index in [1.54, 1.807) is 0 Å². The highest BCUT2D eigenvalue weighted by Gasteiger charge is 2.32. The smallest absolute Gasteiger partial charge is 0.124 e. The van der Waals surface area contributed by atoms with E-state index in [9.17, 15) is 5.11 Å². The summed E-state index contributed by atoms with van der Waals surface area (Å²) in [5.41, 5.74) is 7.90. The Morgan fingerprint density at radius 1 is 0.550 bits per heavy atom. The number of hydrogen-bond donors (Lipinski definition) is 1. The highest BCUT2D eigenvalue weighted by atomic mass is 16.3. The number of unbranched alkanes of at least 4 members (excludes halogenated alkanes) is 9. The molecule has 4 rings (SSSR count). The molecule has 1 heteroatoms. The van der Waals surface area contributed by atoms with Crippen LogP contribution in [0.4, 0.5) is 0 Å². The van der Waals surface area contributed by atoms with Crippen LogP contribution in [-0.4, -0.2) is 5.11 Å². The zero-order valence-electron chi connectivity index (χ0n) is 25.0. The van der Waals surface area contributed by atoms with E-state index >= 15 is 0 Å². The number of rotatable bonds is 15. The van der Waals surface area contributed by atoms with E-state index < -0.39 is 0 Å². The molecule has 0 heterocycles. The first kappa shape index (κ1) is 29.7. The highest BCUT2D eigenvalue weighted by molar-refractivity contribution is 5.87. The third-order valence-corrected chi connectivity index (χ3v) is 8.43. The summed E-state index contributed by atoms with van der Waals surface area (Å²) in [7, 11) is 0. The van der Waals surface area contributed by atoms with Gasteiger partial charge in [-0.2, -0.15) is 0 Å². The molecule has 4 aromatic carbocycles. The molecule has 40 heavy (non-hydrogen) atoms. The molecule has 210 valence electrons. The highest BCUT2D eigenvalue weighted by Crippen LogP contribution is 2.49. The summed E-state index contributed by atoms with van der Waals surface area (Å²) in [6, 6.07) is 34.0. The van der Waals surface area contributed by atoms with Crippen molar-refractivity contribution in [3.8, 4) is 28.0 Å². The van der Waals surface area contributed by atoms with Crippen molar-refractivity contribution in [3.05, 3.63) is 114 Å². The standard InChI is InChI=1S/C39H48O/c1-4-5-6-7-8-9-10-11-12-16-27-33-30-35(40)37(32-25-19-14-20-26-32)38(36(33)31-23-17-13-18-24-31)39(2,3)34-28-21-15-22-29-34/h13-15,17-26,28-30,40H,4-12,16,27H2,1-3H3. The van der Waals surface area contributed by atoms with Gasteiger partial charge in [-0.25, -0.2) is 0 Å². The average molecular weight is 533 g/mol. The number of benzene rings is 4. The molecule has 0 saturated carbocycles. The quantitative estimate of drug-likeness (QED) is 0.151. The first-order chi connectivity index (χ1) is 19.5. The second-order valence-electron chi connectivity index (χ2n) is 11.8. The van der Waals surface area contributed by atoms with Crippen LogP contribution < -0.4 is 0 Å². The monoisotopic (exact) mass is 532 g/mol. The maximum absolute atomic E-state index is 11.7. The third kappa shape index (κ3) is 7.45. The molecule has 1 nitrogen and oxygen atoms in total. The largest absolute Gasteiger partial charge is 0.507 e. The summed E-state index contributed by atoms with van der Waals surface area (Å²) < 4.78 is 0. The van der Waals surface area contributed by atoms with Crippen LogP contribution >= 0.6 is 0 Å². The summed E-state index contributed by atoms with van der Waals surface area (Å²) in [5, 5.41) is 11.7. The maximum Gasteiger partial charge on any atom is 0.124 e. The van der Waals surface area contributed by atoms with Crippen molar-refractivity contribution >= 4 is 0 Å². The zero-order chi connectivity index (χ0) is 28.2. The van der Waals surface area contributed by atoms with Gasteiger partial charge >= 0.3 is 0 Å². The zero-order valence-corrected chi connectivity index (χ0v) is 25.0. The first-order valence-electron chi connectivity index (χ1n) is 15.6. The van der Waals surface area contributed by atoms with Crippen LogP contribution in [0.15, 0.2) is 97.1 Å². The lowest BCUT2D eigenvalue weighted by molar-refractivity contribution is 0.473. The van der Waals surface area contributed by atoms with Crippen molar-refractivity contribution in [3.63, 3.8) is 0 Å². The molecule has 0 aliphatic heterocycles. The Morgan fingerprint density at radius 2 is 1.00 bits per heavy atom. The van der Waals surface area contributed by atoms with Gasteiger partial charge in [0.2, 0.25) is 0 Å². The fraction of sp³-hybridized carbons (Fsp3) is 0.385. The molecular formula is C39H48O. The summed E-state index contributed by atoms with van der Waals surface area (Å²) in [5.74, 6) is 0.381. The molecule has 0 saturated heterocycles. The van der Waals surface area contributed by atoms with Crippen LogP contribution in [0.25, 0.3) is 22.3 Å². The Morgan fingerprint density at radius 3 is 1.52 bits per heavy atom. The molecular weight excluding hydrogens is 484 g/mol. The van der Waals surface area contributed by atoms with E-state index in [4.69, 9.17) is 0 Å². The second-order valence-corrected chi connectivity index (χ2v) is 11.8. The molecule has 4 aromatic rings. The molecule has 0 fully saturated rings. The number of hydrogen-bond acceptors (Lipinski definition) is 1. The molecule has 0 unspecified atom stereocenters. The van der Waals surface area contributed by atoms with Gasteiger partial charge in [-0.3, -0.25) is 0 Å². The van der Waals surface area contributed by atoms with E-state index in [1.165, 1.54) is 85.6 Å². The SMILES string of the molecule is CCCCCCCCCCCCc1cc(O)c(-c2ccccc2)c(C(C)(C)c2ccccc2)c1-c1ccccc1. The first-order valence-corrected chi connectivity index (χ1v) is 15.6. The molecule has 0 radical (unpaired) electrons. The van der Waals surface area contributed by atoms with E-state index in [0.29, 0.717) is 5.75 Å². The predicted molar refractivity (Wildman–Crippen MR) is 173 cm³/mol. The van der Waals surface area contributed by atoms with Gasteiger partial charge in [0, 0.05) is 11.0 Å². The fourth-order valence-corrected chi connectivity index (χ4v) is 6.18. The predicted octanol–water partition coefficient (Wildman–Crippen LogP) is 11.5. The van der Waals surface area contributed by atoms with Gasteiger partial charge in [0.05, 0.1) is 0 Å². The van der Waals surface area contributed by atoms with E-state index in [0.717, 1.165) is 24.0 Å². The van der Waals surface area contributed by atoms with Crippen LogP contribution in [0.5, 0.6) is 5.75 Å². The Bertz CT molecular complexity index is 1290. The molecule has 0 spiro atoms. The van der Waals surface area contributed by atoms with Gasteiger partial charge in [0.25, 0.3) is 0 Å². The average Bonchev–Trinajstić information content (AvgIpc) is 2.99. The summed E-state index contributed by atoms with van der Waals surface area (Å²) in [4.78, 5) is 0. The van der Waals surface area contributed by atoms with Crippen molar-refractivity contribution in [2.75, 3.05) is 0 Å². The minimum Gasteiger partial charge on any atom is -0.507 e. The molecule has 0 aliphatic carbocycles. The normalized spacial score (nSPS) is 11.6. The van der Waals surface area contributed by atoms with E-state index in [2.05, 4.69) is 112 Å². The number of aryl methyl sites for hydroxylation is 1. The number of aromatic hydroxyl groups is 1. The lowest BCUT2D eigenvalue weighted by Crippen LogP contribution is -2.22. The van der Waals surface area contributed by atoms with Crippen molar-refractivity contribution in [2.45, 2.75) is 96.8 Å². The van der Waals surface area contributed by atoms with Gasteiger partial charge in [0.15, 0.2) is 0 Å². The van der Waals surface area contributed by atoms with Gasteiger partial charge < -0.3 is 5.11 Å². The minimum absolute atomic E-state index is 0.317. The van der Waals surface area contributed by atoms with Gasteiger partial charge in [-0.05, 0) is 52.3 Å². The minimum atomic E-state index is -0.317. The molecule has 0 aromatic heterocycles. The Kier molecular flexibility index (Phi) is 11.0. The van der Waals surface area contributed by atoms with Crippen LogP contribution in [0.2, 0.25) is 0 Å². The van der Waals surface area contributed by atoms with Crippen LogP contribution in [0.1, 0.15) is 102 Å². The molecule has 0 atom stereocenters. The Hall–Kier alpha value is -3.32. The van der Waals surface area contributed by atoms with Crippen molar-refractivity contribution in [1.29, 1.82) is 0 Å². The van der Waals surface area contributed by atoms with Gasteiger partial charge in [-0.1, -0.05) is 170 Å². The Balaban J connectivity index is 1.70. The molecule has 1 N–H and O–H groups in total. The van der Waals surface area contributed by atoms with E-state index in [-0.39, 0.29) is 5.41 Å². The summed E-state index contributed by atoms with van der Waals surface area (Å²) in [6.45, 7) is 6.89. The number of phenols is 1. The van der Waals surface area contributed by atoms with Crippen LogP contribution in [0.3, 0.4) is 0 Å². The maximum atomic E-state index is 11.7. The fourth-order valence-electron chi connectivity index (χ4n) is 6.18. The summed E-state index contributed by atoms with van der Waals surface area (Å²) >= 11 is 0. The third-order valence-electron chi connectivity index (χ3n) is 8.43. The van der Waals surface area contributed by atoms with Gasteiger partial charge in [-0.15, -0.1) is 0 Å². The van der Waals surface area contributed by atoms with Gasteiger partial charge in [0.1, 0.15) is 5.75 Å². The summed E-state index contributed by atoms with van der Waals surface area (Å²) in [6.07, 6.45) is 14.2. The van der Waals surface area contributed by atoms with Crippen molar-refractivity contribution < 1.29 is 5.11 Å². The van der Waals surface area contributed by atoms with Crippen LogP contribution in [-0.2, 0) is 11.8 Å². The van der Waals surface area contributed by atoms with Crippen LogP contribution in [0, 0.1) is 0 Å². The van der Waals surface area contributed by atoms with Crippen molar-refractivity contribution in [1.82, 2.24) is 0 Å². The Labute approximate surface area is 243 Å². The van der Waals surface area contributed by atoms with Crippen molar-refractivity contribution in [2.24, 2.45) is 0 Å². The molecule has 0 aliphatic rings. The molecule has 0 amide bonds.